The van der Waals surface area contributed by atoms with E-state index in [0.717, 1.165) is 16.0 Å². The molecule has 0 aliphatic carbocycles. The Hall–Kier alpha value is -2.66. The second-order valence-electron chi connectivity index (χ2n) is 5.49. The summed E-state index contributed by atoms with van der Waals surface area (Å²) in [5, 5.41) is 11.6. The Morgan fingerprint density at radius 2 is 1.79 bits per heavy atom. The Labute approximate surface area is 144 Å². The van der Waals surface area contributed by atoms with Crippen molar-refractivity contribution in [3.05, 3.63) is 72.2 Å². The molecule has 0 aliphatic rings. The van der Waals surface area contributed by atoms with Crippen molar-refractivity contribution in [1.82, 2.24) is 15.2 Å². The fourth-order valence-electron chi connectivity index (χ4n) is 2.46. The van der Waals surface area contributed by atoms with Crippen LogP contribution < -0.4 is 0 Å². The summed E-state index contributed by atoms with van der Waals surface area (Å²) in [7, 11) is 0. The molecule has 0 amide bonds. The molecule has 118 valence electrons. The van der Waals surface area contributed by atoms with E-state index in [1.54, 1.807) is 11.8 Å². The van der Waals surface area contributed by atoms with E-state index in [4.69, 9.17) is 4.42 Å². The standard InChI is InChI=1S/C19H15N3OS/c1-13-6-8-15(9-7-13)18-22-21-17(23-18)12-24-19-16-5-3-2-4-14(16)10-11-20-19/h2-11H,12H2,1H3. The van der Waals surface area contributed by atoms with Gasteiger partial charge < -0.3 is 4.42 Å². The lowest BCUT2D eigenvalue weighted by atomic mass is 10.1. The van der Waals surface area contributed by atoms with Crippen molar-refractivity contribution in [1.29, 1.82) is 0 Å². The first-order valence-corrected chi connectivity index (χ1v) is 8.64. The minimum atomic E-state index is 0.552. The van der Waals surface area contributed by atoms with Gasteiger partial charge in [-0.25, -0.2) is 4.98 Å². The van der Waals surface area contributed by atoms with E-state index in [9.17, 15) is 0 Å². The zero-order chi connectivity index (χ0) is 16.4. The van der Waals surface area contributed by atoms with Gasteiger partial charge in [0.15, 0.2) is 0 Å². The lowest BCUT2D eigenvalue weighted by Gasteiger charge is -2.03. The van der Waals surface area contributed by atoms with E-state index in [1.165, 1.54) is 10.9 Å². The van der Waals surface area contributed by atoms with Crippen LogP contribution in [0, 0.1) is 6.92 Å². The third-order valence-corrected chi connectivity index (χ3v) is 4.72. The van der Waals surface area contributed by atoms with E-state index >= 15 is 0 Å². The molecular weight excluding hydrogens is 318 g/mol. The number of nitrogens with zero attached hydrogens (tertiary/aromatic N) is 3. The average Bonchev–Trinajstić information content (AvgIpc) is 3.09. The van der Waals surface area contributed by atoms with Gasteiger partial charge in [0.05, 0.1) is 5.75 Å². The van der Waals surface area contributed by atoms with E-state index in [-0.39, 0.29) is 0 Å². The molecule has 0 bridgehead atoms. The molecule has 0 unspecified atom stereocenters. The number of hydrogen-bond donors (Lipinski definition) is 0. The lowest BCUT2D eigenvalue weighted by molar-refractivity contribution is 0.528. The van der Waals surface area contributed by atoms with Crippen molar-refractivity contribution >= 4 is 22.5 Å². The van der Waals surface area contributed by atoms with Crippen molar-refractivity contribution in [2.45, 2.75) is 17.7 Å². The number of benzene rings is 2. The number of aryl methyl sites for hydroxylation is 1. The van der Waals surface area contributed by atoms with Crippen LogP contribution in [0.1, 0.15) is 11.5 Å². The van der Waals surface area contributed by atoms with Crippen LogP contribution in [0.4, 0.5) is 0 Å². The minimum Gasteiger partial charge on any atom is -0.420 e. The molecule has 2 aromatic carbocycles. The zero-order valence-corrected chi connectivity index (χ0v) is 14.0. The molecule has 0 fully saturated rings. The van der Waals surface area contributed by atoms with E-state index in [2.05, 4.69) is 34.2 Å². The summed E-state index contributed by atoms with van der Waals surface area (Å²) < 4.78 is 5.77. The molecule has 0 atom stereocenters. The fourth-order valence-corrected chi connectivity index (χ4v) is 3.32. The Morgan fingerprint density at radius 1 is 0.958 bits per heavy atom. The normalized spacial score (nSPS) is 11.0. The second-order valence-corrected chi connectivity index (χ2v) is 6.46. The van der Waals surface area contributed by atoms with Crippen LogP contribution in [0.15, 0.2) is 70.2 Å². The van der Waals surface area contributed by atoms with Gasteiger partial charge in [0.1, 0.15) is 5.03 Å². The van der Waals surface area contributed by atoms with E-state index in [0.29, 0.717) is 17.5 Å². The number of thioether (sulfide) groups is 1. The minimum absolute atomic E-state index is 0.552. The highest BCUT2D eigenvalue weighted by molar-refractivity contribution is 7.98. The molecule has 4 nitrogen and oxygen atoms in total. The van der Waals surface area contributed by atoms with E-state index in [1.807, 2.05) is 48.7 Å². The third kappa shape index (κ3) is 3.03. The van der Waals surface area contributed by atoms with Gasteiger partial charge in [0, 0.05) is 17.1 Å². The molecule has 0 radical (unpaired) electrons. The molecule has 24 heavy (non-hydrogen) atoms. The van der Waals surface area contributed by atoms with Crippen molar-refractivity contribution in [3.63, 3.8) is 0 Å². The SMILES string of the molecule is Cc1ccc(-c2nnc(CSc3nccc4ccccc34)o2)cc1. The van der Waals surface area contributed by atoms with Gasteiger partial charge in [-0.15, -0.1) is 10.2 Å². The van der Waals surface area contributed by atoms with Crippen LogP contribution in [0.25, 0.3) is 22.2 Å². The summed E-state index contributed by atoms with van der Waals surface area (Å²) in [6.45, 7) is 2.05. The first-order chi connectivity index (χ1) is 11.8. The van der Waals surface area contributed by atoms with Crippen molar-refractivity contribution in [3.8, 4) is 11.5 Å². The first-order valence-electron chi connectivity index (χ1n) is 7.65. The molecule has 2 heterocycles. The van der Waals surface area contributed by atoms with Crippen LogP contribution in [-0.4, -0.2) is 15.2 Å². The van der Waals surface area contributed by atoms with Crippen molar-refractivity contribution < 1.29 is 4.42 Å². The second kappa shape index (κ2) is 6.45. The van der Waals surface area contributed by atoms with Gasteiger partial charge in [0.25, 0.3) is 0 Å². The summed E-state index contributed by atoms with van der Waals surface area (Å²) >= 11 is 1.61. The smallest absolute Gasteiger partial charge is 0.247 e. The summed E-state index contributed by atoms with van der Waals surface area (Å²) in [5.41, 5.74) is 2.14. The molecule has 5 heteroatoms. The molecule has 4 rings (SSSR count). The first kappa shape index (κ1) is 14.9. The molecule has 4 aromatic rings. The number of rotatable bonds is 4. The largest absolute Gasteiger partial charge is 0.420 e. The molecule has 0 spiro atoms. The zero-order valence-electron chi connectivity index (χ0n) is 13.1. The maximum Gasteiger partial charge on any atom is 0.247 e. The Balaban J connectivity index is 1.53. The van der Waals surface area contributed by atoms with Gasteiger partial charge in [-0.1, -0.05) is 53.7 Å². The van der Waals surface area contributed by atoms with Crippen LogP contribution in [0.5, 0.6) is 0 Å². The number of hydrogen-bond acceptors (Lipinski definition) is 5. The van der Waals surface area contributed by atoms with E-state index < -0.39 is 0 Å². The molecule has 2 aromatic heterocycles. The Bertz CT molecular complexity index is 974. The predicted molar refractivity (Wildman–Crippen MR) is 95.8 cm³/mol. The lowest BCUT2D eigenvalue weighted by Crippen LogP contribution is -1.85. The average molecular weight is 333 g/mol. The molecule has 0 N–H and O–H groups in total. The van der Waals surface area contributed by atoms with Crippen LogP contribution in [0.2, 0.25) is 0 Å². The summed E-state index contributed by atoms with van der Waals surface area (Å²) in [4.78, 5) is 4.47. The van der Waals surface area contributed by atoms with Gasteiger partial charge >= 0.3 is 0 Å². The third-order valence-electron chi connectivity index (χ3n) is 3.73. The van der Waals surface area contributed by atoms with Crippen LogP contribution in [-0.2, 0) is 5.75 Å². The highest BCUT2D eigenvalue weighted by Crippen LogP contribution is 2.28. The number of pyridine rings is 1. The summed E-state index contributed by atoms with van der Waals surface area (Å²) in [5.74, 6) is 1.75. The van der Waals surface area contributed by atoms with Gasteiger partial charge in [-0.3, -0.25) is 0 Å². The summed E-state index contributed by atoms with van der Waals surface area (Å²) in [6.07, 6.45) is 1.83. The van der Waals surface area contributed by atoms with Gasteiger partial charge in [-0.05, 0) is 30.5 Å². The molecule has 0 saturated carbocycles. The van der Waals surface area contributed by atoms with Crippen LogP contribution >= 0.6 is 11.8 Å². The monoisotopic (exact) mass is 333 g/mol. The Kier molecular flexibility index (Phi) is 4.01. The maximum absolute atomic E-state index is 5.77. The predicted octanol–water partition coefficient (Wildman–Crippen LogP) is 4.89. The number of fused-ring (bicyclic) bond motifs is 1. The van der Waals surface area contributed by atoms with Crippen molar-refractivity contribution in [2.75, 3.05) is 0 Å². The summed E-state index contributed by atoms with van der Waals surface area (Å²) in [6, 6.07) is 18.3. The quantitative estimate of drug-likeness (QED) is 0.498. The highest BCUT2D eigenvalue weighted by atomic mass is 32.2. The Morgan fingerprint density at radius 3 is 2.67 bits per heavy atom. The molecule has 0 saturated heterocycles. The topological polar surface area (TPSA) is 51.8 Å². The molecular formula is C19H15N3OS. The van der Waals surface area contributed by atoms with Crippen molar-refractivity contribution in [2.24, 2.45) is 0 Å². The van der Waals surface area contributed by atoms with Gasteiger partial charge in [0.2, 0.25) is 11.8 Å². The van der Waals surface area contributed by atoms with Gasteiger partial charge in [-0.2, -0.15) is 0 Å². The van der Waals surface area contributed by atoms with Crippen LogP contribution in [0.3, 0.4) is 0 Å². The fraction of sp³-hybridized carbons (Fsp3) is 0.105. The highest BCUT2D eigenvalue weighted by Gasteiger charge is 2.10. The maximum atomic E-state index is 5.77. The molecule has 0 aliphatic heterocycles. The number of aromatic nitrogens is 3.